The molecule has 0 radical (unpaired) electrons. The van der Waals surface area contributed by atoms with Crippen LogP contribution in [0, 0.1) is 0 Å². The summed E-state index contributed by atoms with van der Waals surface area (Å²) < 4.78 is 5.38. The van der Waals surface area contributed by atoms with Gasteiger partial charge in [0.1, 0.15) is 0 Å². The standard InChI is InChI=1S/C14H17N3O2/c15-10-2-3-11-12(9-16-13(11)8-10)14(18)17-4-1-6-19-7-5-17/h2-3,8-9,16H,1,4-7,15H2. The second-order valence-corrected chi connectivity index (χ2v) is 4.77. The number of anilines is 1. The van der Waals surface area contributed by atoms with E-state index in [1.807, 2.05) is 23.1 Å². The summed E-state index contributed by atoms with van der Waals surface area (Å²) in [5.74, 6) is 0.0570. The minimum absolute atomic E-state index is 0.0570. The molecule has 1 saturated heterocycles. The number of aromatic nitrogens is 1. The Labute approximate surface area is 111 Å². The minimum Gasteiger partial charge on any atom is -0.399 e. The van der Waals surface area contributed by atoms with Gasteiger partial charge in [0.05, 0.1) is 12.2 Å². The third kappa shape index (κ3) is 2.29. The maximum absolute atomic E-state index is 12.5. The van der Waals surface area contributed by atoms with E-state index < -0.39 is 0 Å². The zero-order valence-electron chi connectivity index (χ0n) is 10.7. The highest BCUT2D eigenvalue weighted by atomic mass is 16.5. The lowest BCUT2D eigenvalue weighted by Crippen LogP contribution is -2.33. The number of rotatable bonds is 1. The number of carbonyl (C=O) groups is 1. The van der Waals surface area contributed by atoms with Crippen LogP contribution in [-0.2, 0) is 4.74 Å². The molecule has 1 aliphatic rings. The van der Waals surface area contributed by atoms with Crippen molar-refractivity contribution < 1.29 is 9.53 Å². The van der Waals surface area contributed by atoms with Gasteiger partial charge in [0.25, 0.3) is 5.91 Å². The number of ether oxygens (including phenoxy) is 1. The summed E-state index contributed by atoms with van der Waals surface area (Å²) in [5, 5.41) is 0.921. The minimum atomic E-state index is 0.0570. The number of amides is 1. The Hall–Kier alpha value is -2.01. The van der Waals surface area contributed by atoms with Crippen molar-refractivity contribution in [3.05, 3.63) is 30.0 Å². The molecule has 0 unspecified atom stereocenters. The SMILES string of the molecule is Nc1ccc2c(C(=O)N3CCCOCC3)c[nH]c2c1. The van der Waals surface area contributed by atoms with E-state index in [9.17, 15) is 4.79 Å². The topological polar surface area (TPSA) is 71.3 Å². The fourth-order valence-electron chi connectivity index (χ4n) is 2.44. The van der Waals surface area contributed by atoms with Gasteiger partial charge >= 0.3 is 0 Å². The van der Waals surface area contributed by atoms with Crippen LogP contribution in [0.5, 0.6) is 0 Å². The van der Waals surface area contributed by atoms with Crippen LogP contribution in [0.3, 0.4) is 0 Å². The first-order chi connectivity index (χ1) is 9.25. The number of hydrogen-bond donors (Lipinski definition) is 2. The summed E-state index contributed by atoms with van der Waals surface area (Å²) in [5.41, 5.74) is 8.04. The van der Waals surface area contributed by atoms with Crippen LogP contribution in [0.4, 0.5) is 5.69 Å². The molecule has 3 rings (SSSR count). The molecule has 5 heteroatoms. The highest BCUT2D eigenvalue weighted by molar-refractivity contribution is 6.07. The number of nitrogens with zero attached hydrogens (tertiary/aromatic N) is 1. The molecule has 0 saturated carbocycles. The number of benzene rings is 1. The average Bonchev–Trinajstić information content (AvgIpc) is 2.64. The van der Waals surface area contributed by atoms with Gasteiger partial charge in [-0.3, -0.25) is 4.79 Å². The quantitative estimate of drug-likeness (QED) is 0.764. The molecule has 1 aromatic carbocycles. The normalized spacial score (nSPS) is 16.5. The van der Waals surface area contributed by atoms with Gasteiger partial charge in [0.2, 0.25) is 0 Å². The lowest BCUT2D eigenvalue weighted by molar-refractivity contribution is 0.0743. The summed E-state index contributed by atoms with van der Waals surface area (Å²) >= 11 is 0. The van der Waals surface area contributed by atoms with Crippen LogP contribution < -0.4 is 5.73 Å². The number of nitrogens with one attached hydrogen (secondary N) is 1. The van der Waals surface area contributed by atoms with E-state index >= 15 is 0 Å². The zero-order chi connectivity index (χ0) is 13.2. The van der Waals surface area contributed by atoms with Gasteiger partial charge in [-0.15, -0.1) is 0 Å². The van der Waals surface area contributed by atoms with E-state index in [0.29, 0.717) is 24.4 Å². The van der Waals surface area contributed by atoms with Crippen molar-refractivity contribution in [1.82, 2.24) is 9.88 Å². The molecule has 0 spiro atoms. The number of carbonyl (C=O) groups excluding carboxylic acids is 1. The van der Waals surface area contributed by atoms with Crippen molar-refractivity contribution in [1.29, 1.82) is 0 Å². The zero-order valence-corrected chi connectivity index (χ0v) is 10.7. The summed E-state index contributed by atoms with van der Waals surface area (Å²) in [6, 6.07) is 5.55. The van der Waals surface area contributed by atoms with Gasteiger partial charge in [-0.05, 0) is 24.6 Å². The first kappa shape index (κ1) is 12.0. The summed E-state index contributed by atoms with van der Waals surface area (Å²) in [6.07, 6.45) is 2.65. The molecule has 2 aromatic rings. The molecule has 1 fully saturated rings. The number of fused-ring (bicyclic) bond motifs is 1. The molecule has 1 aromatic heterocycles. The molecule has 5 nitrogen and oxygen atoms in total. The summed E-state index contributed by atoms with van der Waals surface area (Å²) in [4.78, 5) is 17.5. The summed E-state index contributed by atoms with van der Waals surface area (Å²) in [6.45, 7) is 2.75. The largest absolute Gasteiger partial charge is 0.399 e. The smallest absolute Gasteiger partial charge is 0.256 e. The molecule has 1 aliphatic heterocycles. The van der Waals surface area contributed by atoms with Crippen LogP contribution in [-0.4, -0.2) is 42.1 Å². The Morgan fingerprint density at radius 3 is 3.11 bits per heavy atom. The van der Waals surface area contributed by atoms with E-state index in [0.717, 1.165) is 30.5 Å². The Morgan fingerprint density at radius 1 is 1.32 bits per heavy atom. The Kier molecular flexibility index (Phi) is 3.13. The fraction of sp³-hybridized carbons (Fsp3) is 0.357. The van der Waals surface area contributed by atoms with E-state index in [2.05, 4.69) is 4.98 Å². The highest BCUT2D eigenvalue weighted by Crippen LogP contribution is 2.22. The van der Waals surface area contributed by atoms with Gasteiger partial charge in [-0.1, -0.05) is 0 Å². The first-order valence-corrected chi connectivity index (χ1v) is 6.49. The molecule has 0 atom stereocenters. The van der Waals surface area contributed by atoms with Crippen molar-refractivity contribution >= 4 is 22.5 Å². The Balaban J connectivity index is 1.92. The molecular formula is C14H17N3O2. The van der Waals surface area contributed by atoms with E-state index in [1.165, 1.54) is 0 Å². The molecule has 3 N–H and O–H groups in total. The fourth-order valence-corrected chi connectivity index (χ4v) is 2.44. The van der Waals surface area contributed by atoms with Gasteiger partial charge in [0, 0.05) is 42.5 Å². The van der Waals surface area contributed by atoms with E-state index in [1.54, 1.807) is 6.20 Å². The summed E-state index contributed by atoms with van der Waals surface area (Å²) in [7, 11) is 0. The maximum atomic E-state index is 12.5. The van der Waals surface area contributed by atoms with Gasteiger partial charge in [-0.2, -0.15) is 0 Å². The van der Waals surface area contributed by atoms with Crippen molar-refractivity contribution in [3.8, 4) is 0 Å². The maximum Gasteiger partial charge on any atom is 0.256 e. The second kappa shape index (κ2) is 4.93. The van der Waals surface area contributed by atoms with Crippen molar-refractivity contribution in [2.45, 2.75) is 6.42 Å². The van der Waals surface area contributed by atoms with Gasteiger partial charge < -0.3 is 20.4 Å². The second-order valence-electron chi connectivity index (χ2n) is 4.77. The van der Waals surface area contributed by atoms with Crippen LogP contribution >= 0.6 is 0 Å². The molecule has 19 heavy (non-hydrogen) atoms. The van der Waals surface area contributed by atoms with Crippen LogP contribution in [0.15, 0.2) is 24.4 Å². The third-order valence-electron chi connectivity index (χ3n) is 3.45. The Bertz CT molecular complexity index is 598. The number of nitrogen functional groups attached to an aromatic ring is 1. The van der Waals surface area contributed by atoms with E-state index in [-0.39, 0.29) is 5.91 Å². The van der Waals surface area contributed by atoms with Crippen molar-refractivity contribution in [2.24, 2.45) is 0 Å². The predicted molar refractivity (Wildman–Crippen MR) is 74.1 cm³/mol. The third-order valence-corrected chi connectivity index (χ3v) is 3.45. The lowest BCUT2D eigenvalue weighted by Gasteiger charge is -2.19. The van der Waals surface area contributed by atoms with Crippen LogP contribution in [0.2, 0.25) is 0 Å². The molecular weight excluding hydrogens is 242 g/mol. The number of hydrogen-bond acceptors (Lipinski definition) is 3. The lowest BCUT2D eigenvalue weighted by atomic mass is 10.1. The monoisotopic (exact) mass is 259 g/mol. The van der Waals surface area contributed by atoms with E-state index in [4.69, 9.17) is 10.5 Å². The van der Waals surface area contributed by atoms with Crippen LogP contribution in [0.25, 0.3) is 10.9 Å². The predicted octanol–water partition coefficient (Wildman–Crippen LogP) is 1.61. The average molecular weight is 259 g/mol. The van der Waals surface area contributed by atoms with Gasteiger partial charge in [-0.25, -0.2) is 0 Å². The van der Waals surface area contributed by atoms with Gasteiger partial charge in [0.15, 0.2) is 0 Å². The van der Waals surface area contributed by atoms with Crippen molar-refractivity contribution in [2.75, 3.05) is 32.0 Å². The Morgan fingerprint density at radius 2 is 2.21 bits per heavy atom. The number of aromatic amines is 1. The molecule has 0 bridgehead atoms. The molecule has 1 amide bonds. The molecule has 2 heterocycles. The highest BCUT2D eigenvalue weighted by Gasteiger charge is 2.20. The molecule has 0 aliphatic carbocycles. The molecule has 100 valence electrons. The van der Waals surface area contributed by atoms with Crippen LogP contribution in [0.1, 0.15) is 16.8 Å². The first-order valence-electron chi connectivity index (χ1n) is 6.49. The number of nitrogens with two attached hydrogens (primary N) is 1. The number of H-pyrrole nitrogens is 1. The van der Waals surface area contributed by atoms with Crippen molar-refractivity contribution in [3.63, 3.8) is 0 Å².